The summed E-state index contributed by atoms with van der Waals surface area (Å²) in [5.41, 5.74) is 0. The molecular weight excluding hydrogens is 248 g/mol. The molecule has 0 bridgehead atoms. The van der Waals surface area contributed by atoms with E-state index in [2.05, 4.69) is 7.26 Å². The van der Waals surface area contributed by atoms with Gasteiger partial charge < -0.3 is 9.11 Å². The molecule has 2 atom stereocenters. The molecule has 0 aliphatic rings. The van der Waals surface area contributed by atoms with E-state index in [0.29, 0.717) is 0 Å². The maximum absolute atomic E-state index is 9.94. The molecule has 11 heavy (non-hydrogen) atoms. The number of hydrogen-bond donors (Lipinski definition) is 0. The summed E-state index contributed by atoms with van der Waals surface area (Å²) in [5, 5.41) is 0. The van der Waals surface area contributed by atoms with Gasteiger partial charge in [0, 0.05) is 0 Å². The molecule has 0 saturated heterocycles. The van der Waals surface area contributed by atoms with Crippen molar-refractivity contribution in [2.75, 3.05) is 0 Å². The van der Waals surface area contributed by atoms with Gasteiger partial charge in [0.15, 0.2) is 0 Å². The van der Waals surface area contributed by atoms with Gasteiger partial charge in [-0.3, -0.25) is 0 Å². The first-order chi connectivity index (χ1) is 4.52. The van der Waals surface area contributed by atoms with E-state index in [1.807, 2.05) is 0 Å². The fourth-order valence-electron chi connectivity index (χ4n) is 0.102. The Morgan fingerprint density at radius 2 is 1.18 bits per heavy atom. The van der Waals surface area contributed by atoms with Crippen molar-refractivity contribution in [2.45, 2.75) is 0 Å². The van der Waals surface area contributed by atoms with Gasteiger partial charge in [0.2, 0.25) is 0 Å². The summed E-state index contributed by atoms with van der Waals surface area (Å²) in [6, 6.07) is 0. The van der Waals surface area contributed by atoms with Gasteiger partial charge in [0.1, 0.15) is 22.7 Å². The van der Waals surface area contributed by atoms with Crippen molar-refractivity contribution < 1.29 is 29.0 Å². The van der Waals surface area contributed by atoms with Crippen LogP contribution in [0, 0.1) is 0 Å². The van der Waals surface area contributed by atoms with E-state index in [0.717, 1.165) is 0 Å². The predicted octanol–water partition coefficient (Wildman–Crippen LogP) is -2.19. The van der Waals surface area contributed by atoms with Crippen molar-refractivity contribution >= 4 is 71.8 Å². The van der Waals surface area contributed by atoms with Crippen molar-refractivity contribution in [3.8, 4) is 0 Å². The van der Waals surface area contributed by atoms with Gasteiger partial charge in [-0.2, -0.15) is 11.5 Å². The topological polar surface area (TPSA) is 116 Å². The molecule has 0 fully saturated rings. The summed E-state index contributed by atoms with van der Waals surface area (Å²) in [6.07, 6.45) is 0. The largest absolute Gasteiger partial charge is 2.00 e. The molecule has 0 aliphatic carbocycles. The Balaban J connectivity index is 0. The zero-order chi connectivity index (χ0) is 8.15. The minimum absolute atomic E-state index is 0. The first-order valence-electron chi connectivity index (χ1n) is 1.50. The smallest absolute Gasteiger partial charge is 0.749 e. The van der Waals surface area contributed by atoms with Gasteiger partial charge in [-0.05, 0) is 0 Å². The quantitative estimate of drug-likeness (QED) is 0.409. The van der Waals surface area contributed by atoms with E-state index in [4.69, 9.17) is 0 Å². The minimum atomic E-state index is -3.06. The molecule has 0 heterocycles. The molecule has 0 amide bonds. The van der Waals surface area contributed by atoms with E-state index >= 15 is 0 Å². The summed E-state index contributed by atoms with van der Waals surface area (Å²) >= 11 is -8.93. The summed E-state index contributed by atoms with van der Waals surface area (Å²) < 4.78 is 54.6. The summed E-state index contributed by atoms with van der Waals surface area (Å²) in [6.45, 7) is 0. The van der Waals surface area contributed by atoms with Gasteiger partial charge >= 0.3 is 49.1 Å². The van der Waals surface area contributed by atoms with Gasteiger partial charge in [-0.25, -0.2) is 8.42 Å². The molecule has 0 aromatic carbocycles. The second-order valence-corrected chi connectivity index (χ2v) is 3.06. The Bertz CT molecular complexity index is 157. The standard InChI is InChI=1S/Ca.H2O7S3/c;1-8(2)6-10(5)7-9(3)4/h;(H,1,2)(H,3,4)/q+2;/p-2. The average molecular weight is 248 g/mol. The maximum Gasteiger partial charge on any atom is 2.00 e. The van der Waals surface area contributed by atoms with Crippen LogP contribution in [-0.4, -0.2) is 59.5 Å². The molecule has 0 spiro atoms. The third kappa shape index (κ3) is 11.5. The monoisotopic (exact) mass is 248 g/mol. The number of rotatable bonds is 4. The van der Waals surface area contributed by atoms with Crippen LogP contribution in [0.5, 0.6) is 0 Å². The molecule has 62 valence electrons. The van der Waals surface area contributed by atoms with Crippen LogP contribution in [0.1, 0.15) is 0 Å². The van der Waals surface area contributed by atoms with Crippen LogP contribution in [0.25, 0.3) is 0 Å². The van der Waals surface area contributed by atoms with Crippen LogP contribution in [0.3, 0.4) is 0 Å². The average Bonchev–Trinajstić information content (AvgIpc) is 1.58. The third-order valence-corrected chi connectivity index (χ3v) is 2.00. The maximum atomic E-state index is 9.94. The Labute approximate surface area is 99.7 Å². The van der Waals surface area contributed by atoms with Crippen molar-refractivity contribution in [1.29, 1.82) is 0 Å². The fraction of sp³-hybridized carbons (Fsp3) is 0. The van der Waals surface area contributed by atoms with Crippen LogP contribution in [-0.2, 0) is 41.3 Å². The molecule has 0 rings (SSSR count). The third-order valence-electron chi connectivity index (χ3n) is 0.222. The summed E-state index contributed by atoms with van der Waals surface area (Å²) in [4.78, 5) is 0. The predicted molar refractivity (Wildman–Crippen MR) is 33.9 cm³/mol. The van der Waals surface area contributed by atoms with Crippen molar-refractivity contribution in [2.24, 2.45) is 0 Å². The van der Waals surface area contributed by atoms with Crippen LogP contribution < -0.4 is 0 Å². The normalized spacial score (nSPS) is 18.0. The van der Waals surface area contributed by atoms with Crippen LogP contribution in [0.4, 0.5) is 0 Å². The summed E-state index contributed by atoms with van der Waals surface area (Å²) in [7, 11) is 0. The second kappa shape index (κ2) is 8.16. The van der Waals surface area contributed by atoms with Crippen molar-refractivity contribution in [3.05, 3.63) is 0 Å². The Kier molecular flexibility index (Phi) is 11.2. The van der Waals surface area contributed by atoms with Gasteiger partial charge in [0.25, 0.3) is 0 Å². The zero-order valence-electron chi connectivity index (χ0n) is 4.79. The Hall–Kier alpha value is 1.55. The zero-order valence-corrected chi connectivity index (χ0v) is 9.45. The molecular formula is CaO7S3. The van der Waals surface area contributed by atoms with E-state index in [1.165, 1.54) is 0 Å². The van der Waals surface area contributed by atoms with Gasteiger partial charge in [-0.15, -0.1) is 0 Å². The van der Waals surface area contributed by atoms with Crippen LogP contribution in [0.2, 0.25) is 0 Å². The molecule has 0 radical (unpaired) electrons. The van der Waals surface area contributed by atoms with Crippen LogP contribution >= 0.6 is 0 Å². The molecule has 7 nitrogen and oxygen atoms in total. The first-order valence-corrected chi connectivity index (χ1v) is 4.50. The summed E-state index contributed by atoms with van der Waals surface area (Å²) in [5.74, 6) is 0. The Morgan fingerprint density at radius 3 is 1.36 bits per heavy atom. The van der Waals surface area contributed by atoms with Crippen molar-refractivity contribution in [3.63, 3.8) is 0 Å². The number of hydrogen-bond acceptors (Lipinski definition) is 7. The molecule has 11 heteroatoms. The van der Waals surface area contributed by atoms with Crippen LogP contribution in [0.15, 0.2) is 0 Å². The minimum Gasteiger partial charge on any atom is -0.749 e. The molecule has 2 unspecified atom stereocenters. The fourth-order valence-corrected chi connectivity index (χ4v) is 1.12. The van der Waals surface area contributed by atoms with E-state index in [-0.39, 0.29) is 37.7 Å². The van der Waals surface area contributed by atoms with E-state index in [9.17, 15) is 21.7 Å². The van der Waals surface area contributed by atoms with Gasteiger partial charge in [0.05, 0.1) is 0 Å². The second-order valence-electron chi connectivity index (χ2n) is 0.748. The van der Waals surface area contributed by atoms with E-state index < -0.39 is 34.1 Å². The first kappa shape index (κ1) is 15.0. The van der Waals surface area contributed by atoms with Gasteiger partial charge in [-0.1, -0.05) is 0 Å². The SMILES string of the molecule is O=S([O-])OS(=O)OS(=O)[O-].[Ca+2]. The van der Waals surface area contributed by atoms with Crippen molar-refractivity contribution in [1.82, 2.24) is 0 Å². The molecule has 0 aliphatic heterocycles. The molecule has 0 N–H and O–H groups in total. The molecule has 0 aromatic heterocycles. The van der Waals surface area contributed by atoms with E-state index in [1.54, 1.807) is 0 Å². The Morgan fingerprint density at radius 1 is 0.909 bits per heavy atom. The molecule has 0 saturated carbocycles. The molecule has 0 aromatic rings.